The molecule has 1 unspecified atom stereocenters. The lowest BCUT2D eigenvalue weighted by Gasteiger charge is -2.40. The van der Waals surface area contributed by atoms with E-state index in [1.165, 1.54) is 24.1 Å². The molecule has 1 aromatic heterocycles. The quantitative estimate of drug-likeness (QED) is 0.0429. The molecule has 1 atom stereocenters. The molecule has 80 heavy (non-hydrogen) atoms. The van der Waals surface area contributed by atoms with E-state index in [1.807, 2.05) is 60.8 Å². The number of benzene rings is 4. The van der Waals surface area contributed by atoms with E-state index in [9.17, 15) is 32.7 Å². The molecule has 0 saturated carbocycles. The SMILES string of the molecule is CCOc1cc(N2CCC(C(=O)N3CCC(CN4CCN(Cc5ccc(N(C(=N)C(=O)NC(C)C(F)(F)F)C(=N)c6cc(CC)c(O)cc6OC)cc5)CC4)CC3)CC2)ccc1Nc1ncc2c(n1)Nc1ccccc1C(=O)N2C. The molecule has 3 saturated heterocycles. The minimum Gasteiger partial charge on any atom is -0.508 e. The van der Waals surface area contributed by atoms with Gasteiger partial charge < -0.3 is 50.1 Å². The van der Waals surface area contributed by atoms with Crippen LogP contribution in [0.4, 0.5) is 53.4 Å². The van der Waals surface area contributed by atoms with Crippen LogP contribution in [0.3, 0.4) is 0 Å². The fraction of sp³-hybridized carbons (Fsp3) is 0.431. The van der Waals surface area contributed by atoms with Gasteiger partial charge in [0.05, 0.1) is 42.4 Å². The number of aryl methyl sites for hydroxylation is 1. The number of aromatic hydroxyl groups is 1. The van der Waals surface area contributed by atoms with E-state index in [4.69, 9.17) is 25.3 Å². The van der Waals surface area contributed by atoms with Crippen LogP contribution >= 0.6 is 0 Å². The number of ether oxygens (including phenoxy) is 2. The number of anilines is 7. The third kappa shape index (κ3) is 12.7. The highest BCUT2D eigenvalue weighted by atomic mass is 19.4. The van der Waals surface area contributed by atoms with Gasteiger partial charge in [0.1, 0.15) is 34.8 Å². The molecule has 0 bridgehead atoms. The highest BCUT2D eigenvalue weighted by Gasteiger charge is 2.39. The highest BCUT2D eigenvalue weighted by molar-refractivity contribution is 6.48. The van der Waals surface area contributed by atoms with Crippen molar-refractivity contribution in [1.29, 1.82) is 10.8 Å². The van der Waals surface area contributed by atoms with E-state index in [-0.39, 0.29) is 40.5 Å². The summed E-state index contributed by atoms with van der Waals surface area (Å²) in [6, 6.07) is 20.9. The van der Waals surface area contributed by atoms with Crippen LogP contribution in [0.25, 0.3) is 0 Å². The van der Waals surface area contributed by atoms with Gasteiger partial charge in [-0.1, -0.05) is 31.2 Å². The third-order valence-corrected chi connectivity index (χ3v) is 15.6. The predicted molar refractivity (Wildman–Crippen MR) is 303 cm³/mol. The van der Waals surface area contributed by atoms with Gasteiger partial charge in [-0.15, -0.1) is 0 Å². The molecule has 5 aromatic rings. The second kappa shape index (κ2) is 24.6. The van der Waals surface area contributed by atoms with Gasteiger partial charge in [-0.3, -0.25) is 35.0 Å². The first-order valence-electron chi connectivity index (χ1n) is 27.3. The largest absolute Gasteiger partial charge is 0.508 e. The maximum absolute atomic E-state index is 13.9. The van der Waals surface area contributed by atoms with Gasteiger partial charge in [0.25, 0.3) is 11.8 Å². The van der Waals surface area contributed by atoms with Crippen LogP contribution in [0.5, 0.6) is 17.2 Å². The van der Waals surface area contributed by atoms with Crippen molar-refractivity contribution < 1.29 is 42.1 Å². The van der Waals surface area contributed by atoms with Crippen LogP contribution in [0.15, 0.2) is 85.1 Å². The summed E-state index contributed by atoms with van der Waals surface area (Å²) in [5, 5.41) is 36.8. The zero-order valence-corrected chi connectivity index (χ0v) is 45.8. The summed E-state index contributed by atoms with van der Waals surface area (Å²) < 4.78 is 51.9. The number of amides is 3. The summed E-state index contributed by atoms with van der Waals surface area (Å²) in [4.78, 5) is 61.2. The van der Waals surface area contributed by atoms with Crippen LogP contribution in [-0.2, 0) is 22.6 Å². The first-order chi connectivity index (χ1) is 38.4. The molecule has 3 amide bonds. The van der Waals surface area contributed by atoms with Crippen molar-refractivity contribution in [2.75, 3.05) is 105 Å². The van der Waals surface area contributed by atoms with Crippen molar-refractivity contribution in [1.82, 2.24) is 30.0 Å². The number of hydrogen-bond donors (Lipinski definition) is 6. The lowest BCUT2D eigenvalue weighted by Crippen LogP contribution is -2.51. The zero-order valence-electron chi connectivity index (χ0n) is 45.8. The van der Waals surface area contributed by atoms with E-state index < -0.39 is 29.8 Å². The molecule has 9 rings (SSSR count). The number of piperidine rings is 2. The molecule has 0 radical (unpaired) electrons. The van der Waals surface area contributed by atoms with Crippen molar-refractivity contribution >= 4 is 69.6 Å². The van der Waals surface area contributed by atoms with Crippen molar-refractivity contribution in [3.05, 3.63) is 107 Å². The Hall–Kier alpha value is -7.98. The Morgan fingerprint density at radius 3 is 2.27 bits per heavy atom. The summed E-state index contributed by atoms with van der Waals surface area (Å²) >= 11 is 0. The Morgan fingerprint density at radius 1 is 0.900 bits per heavy atom. The molecule has 6 N–H and O–H groups in total. The predicted octanol–water partition coefficient (Wildman–Crippen LogP) is 8.38. The third-order valence-electron chi connectivity index (χ3n) is 15.6. The number of rotatable bonds is 15. The fourth-order valence-corrected chi connectivity index (χ4v) is 10.8. The van der Waals surface area contributed by atoms with Gasteiger partial charge in [0, 0.05) is 102 Å². The Morgan fingerprint density at radius 2 is 1.60 bits per heavy atom. The molecule has 4 aliphatic rings. The number of phenolic OH excluding ortho intramolecular Hbond substituents is 1. The molecule has 22 heteroatoms. The number of methoxy groups -OCH3 is 1. The maximum atomic E-state index is 13.9. The van der Waals surface area contributed by atoms with E-state index in [0.717, 1.165) is 108 Å². The molecule has 5 heterocycles. The number of fused-ring (bicyclic) bond motifs is 2. The first kappa shape index (κ1) is 56.7. The Labute approximate surface area is 464 Å². The second-order valence-corrected chi connectivity index (χ2v) is 20.8. The lowest BCUT2D eigenvalue weighted by atomic mass is 9.91. The molecule has 424 valence electrons. The number of aromatic nitrogens is 2. The van der Waals surface area contributed by atoms with Gasteiger partial charge in [-0.25, -0.2) is 4.98 Å². The lowest BCUT2D eigenvalue weighted by molar-refractivity contribution is -0.156. The second-order valence-electron chi connectivity index (χ2n) is 20.8. The topological polar surface area (TPSA) is 219 Å². The van der Waals surface area contributed by atoms with Crippen molar-refractivity contribution in [3.63, 3.8) is 0 Å². The van der Waals surface area contributed by atoms with E-state index in [0.29, 0.717) is 71.2 Å². The number of hydrogen-bond acceptors (Lipinski definition) is 15. The summed E-state index contributed by atoms with van der Waals surface area (Å²) in [5.74, 6) is -0.484. The van der Waals surface area contributed by atoms with Crippen LogP contribution in [-0.4, -0.2) is 151 Å². The summed E-state index contributed by atoms with van der Waals surface area (Å²) in [7, 11) is 3.05. The molecule has 0 aliphatic carbocycles. The van der Waals surface area contributed by atoms with Gasteiger partial charge in [0.15, 0.2) is 11.7 Å². The highest BCUT2D eigenvalue weighted by Crippen LogP contribution is 2.38. The first-order valence-corrected chi connectivity index (χ1v) is 27.3. The zero-order chi connectivity index (χ0) is 56.8. The number of likely N-dealkylation sites (tertiary alicyclic amines) is 1. The number of nitrogens with zero attached hydrogens (tertiary/aromatic N) is 8. The van der Waals surface area contributed by atoms with Crippen LogP contribution in [0.2, 0.25) is 0 Å². The van der Waals surface area contributed by atoms with Crippen molar-refractivity contribution in [2.45, 2.75) is 71.6 Å². The van der Waals surface area contributed by atoms with E-state index in [1.54, 1.807) is 38.4 Å². The van der Waals surface area contributed by atoms with Crippen LogP contribution in [0, 0.1) is 22.7 Å². The summed E-state index contributed by atoms with van der Waals surface area (Å²) in [5.41, 5.74) is 5.28. The van der Waals surface area contributed by atoms with Gasteiger partial charge in [0.2, 0.25) is 11.9 Å². The maximum Gasteiger partial charge on any atom is 0.408 e. The van der Waals surface area contributed by atoms with Crippen LogP contribution < -0.4 is 40.1 Å². The molecule has 4 aromatic carbocycles. The number of amidine groups is 2. The molecular formula is C58H70F3N13O6. The van der Waals surface area contributed by atoms with Gasteiger partial charge in [-0.2, -0.15) is 18.2 Å². The van der Waals surface area contributed by atoms with E-state index >= 15 is 0 Å². The molecule has 19 nitrogen and oxygen atoms in total. The normalized spacial score (nSPS) is 16.9. The molecule has 4 aliphatic heterocycles. The molecular weight excluding hydrogens is 1030 g/mol. The molecule has 3 fully saturated rings. The average molecular weight is 1100 g/mol. The standard InChI is InChI=1S/C58H70F3N13O6/c1-6-39-30-44(49(79-5)32-48(39)75)51(62)74(52(63)54(76)65-36(3)58(59,60)61)41-14-12-37(13-15-41)34-70-26-28-71(29-27-70)35-38-18-22-73(23-19-38)55(77)40-20-24-72(25-21-40)42-16-17-46(50(31-42)80-7-2)67-57-64-33-47-53(68-57)66-45-11-9-8-10-43(45)56(78)69(47)4/h8-17,30-33,36,38,40,62-63,75H,6-7,18-29,34-35H2,1-5H3,(H,65,76)(H2,64,66,67,68). The van der Waals surface area contributed by atoms with Crippen molar-refractivity contribution in [2.24, 2.45) is 11.8 Å². The fourth-order valence-electron chi connectivity index (χ4n) is 10.8. The number of halogens is 3. The van der Waals surface area contributed by atoms with Gasteiger partial charge in [-0.05, 0) is 105 Å². The average Bonchev–Trinajstić information content (AvgIpc) is 3.56. The van der Waals surface area contributed by atoms with Gasteiger partial charge >= 0.3 is 6.18 Å². The number of piperazine rings is 1. The van der Waals surface area contributed by atoms with E-state index in [2.05, 4.69) is 35.2 Å². The minimum absolute atomic E-state index is 0.0219. The summed E-state index contributed by atoms with van der Waals surface area (Å²) in [6.45, 7) is 13.1. The van der Waals surface area contributed by atoms with Crippen molar-refractivity contribution in [3.8, 4) is 17.2 Å². The number of alkyl halides is 3. The molecule has 0 spiro atoms. The number of phenols is 1. The Kier molecular flexibility index (Phi) is 17.4. The number of carbonyl (C=O) groups is 3. The van der Waals surface area contributed by atoms with Crippen LogP contribution in [0.1, 0.15) is 73.5 Å². The Balaban J connectivity index is 0.732. The number of para-hydroxylation sites is 1. The minimum atomic E-state index is -4.74. The Bertz CT molecular complexity index is 3080. The summed E-state index contributed by atoms with van der Waals surface area (Å²) in [6.07, 6.45) is 0.741. The monoisotopic (exact) mass is 1100 g/mol. The number of carbonyl (C=O) groups excluding carboxylic acids is 3. The smallest absolute Gasteiger partial charge is 0.408 e. The number of nitrogens with one attached hydrogen (secondary N) is 5.